The van der Waals surface area contributed by atoms with Crippen LogP contribution in [0.3, 0.4) is 0 Å². The lowest BCUT2D eigenvalue weighted by Gasteiger charge is -2.15. The highest BCUT2D eigenvalue weighted by Crippen LogP contribution is 2.26. The van der Waals surface area contributed by atoms with Crippen LogP contribution in [0.15, 0.2) is 12.1 Å². The van der Waals surface area contributed by atoms with E-state index >= 15 is 0 Å². The van der Waals surface area contributed by atoms with Gasteiger partial charge in [0.15, 0.2) is 0 Å². The molecule has 0 fully saturated rings. The maximum absolute atomic E-state index is 8.90. The maximum Gasteiger partial charge on any atom is 0.125 e. The zero-order valence-corrected chi connectivity index (χ0v) is 9.58. The molecule has 0 aliphatic heterocycles. The van der Waals surface area contributed by atoms with Crippen LogP contribution in [0.4, 0.5) is 5.69 Å². The van der Waals surface area contributed by atoms with Gasteiger partial charge in [-0.3, -0.25) is 0 Å². The van der Waals surface area contributed by atoms with E-state index in [2.05, 4.69) is 0 Å². The highest BCUT2D eigenvalue weighted by atomic mass is 16.5. The molecule has 3 nitrogen and oxygen atoms in total. The molecule has 0 radical (unpaired) electrons. The molecule has 0 saturated carbocycles. The number of anilines is 1. The van der Waals surface area contributed by atoms with E-state index in [0.717, 1.165) is 22.6 Å². The number of hydrogen-bond acceptors (Lipinski definition) is 3. The number of rotatable bonds is 4. The third kappa shape index (κ3) is 3.13. The van der Waals surface area contributed by atoms with Gasteiger partial charge >= 0.3 is 0 Å². The van der Waals surface area contributed by atoms with Crippen molar-refractivity contribution in [1.82, 2.24) is 0 Å². The van der Waals surface area contributed by atoms with Gasteiger partial charge < -0.3 is 15.6 Å². The van der Waals surface area contributed by atoms with Crippen molar-refractivity contribution in [1.29, 1.82) is 0 Å². The van der Waals surface area contributed by atoms with Crippen molar-refractivity contribution in [3.63, 3.8) is 0 Å². The zero-order valence-electron chi connectivity index (χ0n) is 9.58. The minimum Gasteiger partial charge on any atom is -0.493 e. The van der Waals surface area contributed by atoms with Crippen LogP contribution < -0.4 is 10.5 Å². The quantitative estimate of drug-likeness (QED) is 0.744. The molecule has 0 spiro atoms. The smallest absolute Gasteiger partial charge is 0.125 e. The first-order valence-corrected chi connectivity index (χ1v) is 5.15. The van der Waals surface area contributed by atoms with Crippen LogP contribution in [0, 0.1) is 19.8 Å². The Balaban J connectivity index is 2.77. The Hall–Kier alpha value is -1.22. The number of ether oxygens (including phenoxy) is 1. The van der Waals surface area contributed by atoms with Gasteiger partial charge in [0.2, 0.25) is 0 Å². The third-order valence-corrected chi connectivity index (χ3v) is 2.31. The number of aliphatic hydroxyl groups is 1. The van der Waals surface area contributed by atoms with Crippen molar-refractivity contribution in [2.45, 2.75) is 20.8 Å². The summed E-state index contributed by atoms with van der Waals surface area (Å²) in [6, 6.07) is 3.79. The van der Waals surface area contributed by atoms with Crippen LogP contribution in [-0.2, 0) is 0 Å². The summed E-state index contributed by atoms with van der Waals surface area (Å²) >= 11 is 0. The van der Waals surface area contributed by atoms with Crippen molar-refractivity contribution < 1.29 is 9.84 Å². The lowest BCUT2D eigenvalue weighted by molar-refractivity contribution is 0.173. The van der Waals surface area contributed by atoms with Crippen LogP contribution in [0.1, 0.15) is 18.1 Å². The molecule has 3 heteroatoms. The molecule has 84 valence electrons. The van der Waals surface area contributed by atoms with Crippen LogP contribution in [-0.4, -0.2) is 18.3 Å². The Kier molecular flexibility index (Phi) is 3.97. The minimum absolute atomic E-state index is 0.146. The largest absolute Gasteiger partial charge is 0.493 e. The summed E-state index contributed by atoms with van der Waals surface area (Å²) in [6.45, 7) is 6.57. The second-order valence-electron chi connectivity index (χ2n) is 4.08. The molecule has 0 aromatic heterocycles. The lowest BCUT2D eigenvalue weighted by Crippen LogP contribution is -2.13. The highest BCUT2D eigenvalue weighted by molar-refractivity contribution is 5.52. The normalized spacial score (nSPS) is 12.5. The molecule has 1 atom stereocenters. The van der Waals surface area contributed by atoms with E-state index in [1.54, 1.807) is 0 Å². The Morgan fingerprint density at radius 1 is 1.33 bits per heavy atom. The summed E-state index contributed by atoms with van der Waals surface area (Å²) < 4.78 is 5.66. The number of nitrogens with two attached hydrogens (primary N) is 1. The molecular formula is C12H19NO2. The van der Waals surface area contributed by atoms with E-state index in [4.69, 9.17) is 15.6 Å². The van der Waals surface area contributed by atoms with E-state index in [1.165, 1.54) is 0 Å². The third-order valence-electron chi connectivity index (χ3n) is 2.31. The fourth-order valence-corrected chi connectivity index (χ4v) is 1.49. The zero-order chi connectivity index (χ0) is 11.4. The van der Waals surface area contributed by atoms with E-state index in [0.29, 0.717) is 6.61 Å². The second-order valence-corrected chi connectivity index (χ2v) is 4.08. The van der Waals surface area contributed by atoms with E-state index in [-0.39, 0.29) is 12.5 Å². The molecular weight excluding hydrogens is 190 g/mol. The molecule has 1 unspecified atom stereocenters. The fraction of sp³-hybridized carbons (Fsp3) is 0.500. The molecule has 0 heterocycles. The average Bonchev–Trinajstić information content (AvgIpc) is 2.15. The van der Waals surface area contributed by atoms with Crippen molar-refractivity contribution >= 4 is 5.69 Å². The van der Waals surface area contributed by atoms with Gasteiger partial charge in [0.1, 0.15) is 5.75 Å². The molecule has 1 rings (SSSR count). The van der Waals surface area contributed by atoms with Gasteiger partial charge in [-0.15, -0.1) is 0 Å². The summed E-state index contributed by atoms with van der Waals surface area (Å²) in [6.07, 6.45) is 0. The van der Waals surface area contributed by atoms with Crippen molar-refractivity contribution in [2.75, 3.05) is 18.9 Å². The van der Waals surface area contributed by atoms with E-state index < -0.39 is 0 Å². The van der Waals surface area contributed by atoms with Crippen molar-refractivity contribution in [3.05, 3.63) is 23.3 Å². The van der Waals surface area contributed by atoms with Crippen molar-refractivity contribution in [3.8, 4) is 5.75 Å². The molecule has 0 aliphatic rings. The molecule has 0 saturated heterocycles. The molecule has 3 N–H and O–H groups in total. The highest BCUT2D eigenvalue weighted by Gasteiger charge is 2.07. The monoisotopic (exact) mass is 209 g/mol. The van der Waals surface area contributed by atoms with Crippen LogP contribution in [0.25, 0.3) is 0 Å². The van der Waals surface area contributed by atoms with Crippen LogP contribution in [0.5, 0.6) is 5.75 Å². The Labute approximate surface area is 90.9 Å². The number of nitrogen functional groups attached to an aromatic ring is 1. The predicted octanol–water partition coefficient (Wildman–Crippen LogP) is 1.89. The first kappa shape index (κ1) is 11.9. The molecule has 1 aromatic carbocycles. The fourth-order valence-electron chi connectivity index (χ4n) is 1.49. The summed E-state index contributed by atoms with van der Waals surface area (Å²) in [5, 5.41) is 8.90. The summed E-state index contributed by atoms with van der Waals surface area (Å²) in [7, 11) is 0. The van der Waals surface area contributed by atoms with Gasteiger partial charge in [-0.05, 0) is 37.1 Å². The molecule has 0 bridgehead atoms. The molecule has 0 amide bonds. The minimum atomic E-state index is 0.146. The molecule has 15 heavy (non-hydrogen) atoms. The summed E-state index contributed by atoms with van der Waals surface area (Å²) in [5.41, 5.74) is 8.55. The summed E-state index contributed by atoms with van der Waals surface area (Å²) in [4.78, 5) is 0. The maximum atomic E-state index is 8.90. The van der Waals surface area contributed by atoms with Gasteiger partial charge in [0.25, 0.3) is 0 Å². The number of aliphatic hydroxyl groups excluding tert-OH is 1. The summed E-state index contributed by atoms with van der Waals surface area (Å²) in [5.74, 6) is 1.03. The Morgan fingerprint density at radius 3 is 2.33 bits per heavy atom. The van der Waals surface area contributed by atoms with Gasteiger partial charge in [-0.1, -0.05) is 6.92 Å². The number of aryl methyl sites for hydroxylation is 2. The second kappa shape index (κ2) is 5.03. The number of hydrogen-bond donors (Lipinski definition) is 2. The standard InChI is InChI=1S/C12H19NO2/c1-8(6-14)7-15-12-9(2)4-11(13)5-10(12)3/h4-5,8,14H,6-7,13H2,1-3H3. The van der Waals surface area contributed by atoms with Gasteiger partial charge in [-0.2, -0.15) is 0 Å². The lowest BCUT2D eigenvalue weighted by atomic mass is 10.1. The average molecular weight is 209 g/mol. The first-order valence-electron chi connectivity index (χ1n) is 5.15. The van der Waals surface area contributed by atoms with E-state index in [1.807, 2.05) is 32.9 Å². The number of benzene rings is 1. The van der Waals surface area contributed by atoms with Crippen LogP contribution >= 0.6 is 0 Å². The predicted molar refractivity (Wildman–Crippen MR) is 62.1 cm³/mol. The van der Waals surface area contributed by atoms with E-state index in [9.17, 15) is 0 Å². The molecule has 0 aliphatic carbocycles. The van der Waals surface area contributed by atoms with Crippen LogP contribution in [0.2, 0.25) is 0 Å². The van der Waals surface area contributed by atoms with Gasteiger partial charge in [0, 0.05) is 18.2 Å². The Morgan fingerprint density at radius 2 is 1.87 bits per heavy atom. The topological polar surface area (TPSA) is 55.5 Å². The van der Waals surface area contributed by atoms with Crippen molar-refractivity contribution in [2.24, 2.45) is 5.92 Å². The molecule has 1 aromatic rings. The SMILES string of the molecule is Cc1cc(N)cc(C)c1OCC(C)CO. The van der Waals surface area contributed by atoms with Gasteiger partial charge in [0.05, 0.1) is 6.61 Å². The Bertz CT molecular complexity index is 313. The first-order chi connectivity index (χ1) is 7.04. The van der Waals surface area contributed by atoms with Gasteiger partial charge in [-0.25, -0.2) is 0 Å².